The lowest BCUT2D eigenvalue weighted by Crippen LogP contribution is -2.65. The molecule has 3 aromatic carbocycles. The van der Waals surface area contributed by atoms with Gasteiger partial charge in [-0.2, -0.15) is 0 Å². The summed E-state index contributed by atoms with van der Waals surface area (Å²) < 4.78 is 4.99. The quantitative estimate of drug-likeness (QED) is 0.340. The molecule has 3 amide bonds. The second-order valence-electron chi connectivity index (χ2n) is 9.04. The van der Waals surface area contributed by atoms with Gasteiger partial charge >= 0.3 is 5.97 Å². The van der Waals surface area contributed by atoms with Gasteiger partial charge in [0.15, 0.2) is 0 Å². The predicted molar refractivity (Wildman–Crippen MR) is 151 cm³/mol. The van der Waals surface area contributed by atoms with E-state index < -0.39 is 23.8 Å². The third-order valence-corrected chi connectivity index (χ3v) is 6.39. The summed E-state index contributed by atoms with van der Waals surface area (Å²) >= 11 is 5.68. The third kappa shape index (κ3) is 6.29. The number of benzene rings is 3. The molecule has 1 aliphatic heterocycles. The molecule has 4 rings (SSSR count). The van der Waals surface area contributed by atoms with Crippen molar-refractivity contribution in [1.82, 2.24) is 10.4 Å². The van der Waals surface area contributed by atoms with Crippen LogP contribution in [0.2, 0.25) is 0 Å². The Morgan fingerprint density at radius 1 is 0.949 bits per heavy atom. The molecule has 0 bridgehead atoms. The Kier molecular flexibility index (Phi) is 8.36. The average Bonchev–Trinajstić information content (AvgIpc) is 2.90. The largest absolute Gasteiger partial charge is 0.462 e. The molecule has 0 aromatic heterocycles. The van der Waals surface area contributed by atoms with Crippen LogP contribution in [0.3, 0.4) is 0 Å². The lowest BCUT2D eigenvalue weighted by atomic mass is 10.1. The van der Waals surface area contributed by atoms with Crippen molar-refractivity contribution in [2.24, 2.45) is 0 Å². The smallest absolute Gasteiger partial charge is 0.338 e. The van der Waals surface area contributed by atoms with E-state index in [0.29, 0.717) is 22.5 Å². The Balaban J connectivity index is 1.62. The number of anilines is 2. The summed E-state index contributed by atoms with van der Waals surface area (Å²) in [6, 6.07) is 19.2. The minimum Gasteiger partial charge on any atom is -0.462 e. The van der Waals surface area contributed by atoms with Crippen LogP contribution in [0.15, 0.2) is 72.8 Å². The Morgan fingerprint density at radius 3 is 2.21 bits per heavy atom. The lowest BCUT2D eigenvalue weighted by Gasteiger charge is -2.41. The van der Waals surface area contributed by atoms with Crippen molar-refractivity contribution < 1.29 is 23.9 Å². The van der Waals surface area contributed by atoms with E-state index in [1.54, 1.807) is 49.4 Å². The zero-order valence-electron chi connectivity index (χ0n) is 21.8. The number of thiocarbonyl (C=S) groups is 1. The minimum absolute atomic E-state index is 0.0293. The van der Waals surface area contributed by atoms with E-state index in [1.165, 1.54) is 22.0 Å². The lowest BCUT2D eigenvalue weighted by molar-refractivity contribution is -0.127. The van der Waals surface area contributed by atoms with Crippen LogP contribution in [-0.4, -0.2) is 46.5 Å². The number of carbonyl (C=O) groups is 4. The zero-order chi connectivity index (χ0) is 28.1. The second-order valence-corrected chi connectivity index (χ2v) is 9.41. The molecule has 0 radical (unpaired) electrons. The molecule has 1 aliphatic rings. The van der Waals surface area contributed by atoms with E-state index in [4.69, 9.17) is 17.0 Å². The van der Waals surface area contributed by atoms with Crippen molar-refractivity contribution >= 4 is 52.4 Å². The van der Waals surface area contributed by atoms with Gasteiger partial charge in [-0.25, -0.2) is 9.80 Å². The molecule has 1 heterocycles. The first-order valence-electron chi connectivity index (χ1n) is 12.4. The normalized spacial score (nSPS) is 15.1. The SMILES string of the molecule is CCOC(=O)c1ccc(NC(=O)[C@H]2CC(=O)N(c3cc(C)cc(C)c3)C(=S)N2NC(=O)c2ccccc2)cc1. The highest BCUT2D eigenvalue weighted by atomic mass is 32.1. The maximum absolute atomic E-state index is 13.4. The molecule has 39 heavy (non-hydrogen) atoms. The highest BCUT2D eigenvalue weighted by Crippen LogP contribution is 2.27. The van der Waals surface area contributed by atoms with Gasteiger partial charge in [0.1, 0.15) is 6.04 Å². The molecular formula is C29H28N4O5S. The molecule has 1 atom stereocenters. The van der Waals surface area contributed by atoms with E-state index in [1.807, 2.05) is 32.0 Å². The predicted octanol–water partition coefficient (Wildman–Crippen LogP) is 4.16. The van der Waals surface area contributed by atoms with Gasteiger partial charge in [-0.1, -0.05) is 24.3 Å². The first-order valence-corrected chi connectivity index (χ1v) is 12.8. The summed E-state index contributed by atoms with van der Waals surface area (Å²) in [6.07, 6.45) is -0.241. The number of ether oxygens (including phenoxy) is 1. The summed E-state index contributed by atoms with van der Waals surface area (Å²) in [4.78, 5) is 53.1. The fourth-order valence-electron chi connectivity index (χ4n) is 4.26. The molecule has 0 aliphatic carbocycles. The van der Waals surface area contributed by atoms with E-state index in [-0.39, 0.29) is 24.0 Å². The van der Waals surface area contributed by atoms with Gasteiger partial charge in [0.25, 0.3) is 5.91 Å². The summed E-state index contributed by atoms with van der Waals surface area (Å²) in [5.74, 6) is -1.89. The average molecular weight is 545 g/mol. The van der Waals surface area contributed by atoms with Crippen molar-refractivity contribution in [3.05, 3.63) is 95.1 Å². The van der Waals surface area contributed by atoms with Gasteiger partial charge in [-0.3, -0.25) is 24.7 Å². The molecule has 0 unspecified atom stereocenters. The first-order chi connectivity index (χ1) is 18.7. The van der Waals surface area contributed by atoms with Gasteiger partial charge in [0, 0.05) is 11.3 Å². The van der Waals surface area contributed by atoms with Gasteiger partial charge in [-0.05, 0) is 92.6 Å². The standard InChI is InChI=1S/C29H28N4O5S/c1-4-38-28(37)21-10-12-22(13-11-21)30-27(36)24-17-25(34)32(23-15-18(2)14-19(3)16-23)29(39)33(24)31-26(35)20-8-6-5-7-9-20/h5-16,24H,4,17H2,1-3H3,(H,30,36)(H,31,35)/t24-/m1/s1. The third-order valence-electron chi connectivity index (χ3n) is 6.02. The molecule has 10 heteroatoms. The second kappa shape index (κ2) is 11.9. The Bertz CT molecular complexity index is 1410. The Labute approximate surface area is 231 Å². The van der Waals surface area contributed by atoms with Crippen LogP contribution in [0.1, 0.15) is 45.2 Å². The van der Waals surface area contributed by atoms with E-state index in [2.05, 4.69) is 10.7 Å². The molecule has 0 saturated carbocycles. The van der Waals surface area contributed by atoms with Crippen molar-refractivity contribution in [3.63, 3.8) is 0 Å². The van der Waals surface area contributed by atoms with Gasteiger partial charge < -0.3 is 10.1 Å². The van der Waals surface area contributed by atoms with Crippen molar-refractivity contribution in [1.29, 1.82) is 0 Å². The zero-order valence-corrected chi connectivity index (χ0v) is 22.6. The first kappa shape index (κ1) is 27.5. The van der Waals surface area contributed by atoms with Gasteiger partial charge in [-0.15, -0.1) is 0 Å². The summed E-state index contributed by atoms with van der Waals surface area (Å²) in [6.45, 7) is 5.78. The summed E-state index contributed by atoms with van der Waals surface area (Å²) in [5.41, 5.74) is 6.25. The minimum atomic E-state index is -1.12. The molecule has 0 spiro atoms. The van der Waals surface area contributed by atoms with E-state index in [9.17, 15) is 19.2 Å². The van der Waals surface area contributed by atoms with E-state index in [0.717, 1.165) is 11.1 Å². The van der Waals surface area contributed by atoms with Crippen LogP contribution < -0.4 is 15.6 Å². The van der Waals surface area contributed by atoms with Crippen LogP contribution in [0.4, 0.5) is 11.4 Å². The topological polar surface area (TPSA) is 108 Å². The van der Waals surface area contributed by atoms with E-state index >= 15 is 0 Å². The number of hydrogen-bond acceptors (Lipinski definition) is 6. The highest BCUT2D eigenvalue weighted by Gasteiger charge is 2.42. The van der Waals surface area contributed by atoms with Crippen molar-refractivity contribution in [2.75, 3.05) is 16.8 Å². The van der Waals surface area contributed by atoms with Crippen LogP contribution in [0.5, 0.6) is 0 Å². The molecule has 200 valence electrons. The maximum Gasteiger partial charge on any atom is 0.338 e. The fraction of sp³-hybridized carbons (Fsp3) is 0.207. The number of rotatable bonds is 7. The van der Waals surface area contributed by atoms with Crippen LogP contribution in [0.25, 0.3) is 0 Å². The maximum atomic E-state index is 13.4. The monoisotopic (exact) mass is 544 g/mol. The number of hydrogen-bond donors (Lipinski definition) is 2. The van der Waals surface area contributed by atoms with Gasteiger partial charge in [0.2, 0.25) is 16.9 Å². The Morgan fingerprint density at radius 2 is 1.59 bits per heavy atom. The van der Waals surface area contributed by atoms with Crippen LogP contribution in [-0.2, 0) is 14.3 Å². The molecule has 3 aromatic rings. The number of nitrogens with zero attached hydrogens (tertiary/aromatic N) is 2. The number of esters is 1. The molecule has 9 nitrogen and oxygen atoms in total. The van der Waals surface area contributed by atoms with Crippen LogP contribution in [0, 0.1) is 13.8 Å². The number of amides is 3. The fourth-order valence-corrected chi connectivity index (χ4v) is 4.64. The number of nitrogens with one attached hydrogen (secondary N) is 2. The summed E-state index contributed by atoms with van der Waals surface area (Å²) in [5, 5.41) is 3.98. The molecule has 2 N–H and O–H groups in total. The van der Waals surface area contributed by atoms with Gasteiger partial charge in [0.05, 0.1) is 24.3 Å². The van der Waals surface area contributed by atoms with Crippen molar-refractivity contribution in [3.8, 4) is 0 Å². The van der Waals surface area contributed by atoms with Crippen LogP contribution >= 0.6 is 12.2 Å². The molecule has 1 fully saturated rings. The molecular weight excluding hydrogens is 516 g/mol. The number of aryl methyl sites for hydroxylation is 2. The highest BCUT2D eigenvalue weighted by molar-refractivity contribution is 7.80. The number of carbonyl (C=O) groups excluding carboxylic acids is 4. The summed E-state index contributed by atoms with van der Waals surface area (Å²) in [7, 11) is 0. The van der Waals surface area contributed by atoms with Crippen molar-refractivity contribution in [2.45, 2.75) is 33.2 Å². The Hall–Kier alpha value is -4.57. The number of hydrazine groups is 1. The molecule has 1 saturated heterocycles.